The van der Waals surface area contributed by atoms with Gasteiger partial charge in [-0.3, -0.25) is 9.78 Å². The van der Waals surface area contributed by atoms with Crippen molar-refractivity contribution in [3.8, 4) is 11.6 Å². The van der Waals surface area contributed by atoms with Crippen LogP contribution in [0.25, 0.3) is 33.5 Å². The average Bonchev–Trinajstić information content (AvgIpc) is 3.12. The lowest BCUT2D eigenvalue weighted by atomic mass is 10.2. The molecule has 0 spiro atoms. The third-order valence-corrected chi connectivity index (χ3v) is 3.60. The Kier molecular flexibility index (Phi) is 2.41. The van der Waals surface area contributed by atoms with Gasteiger partial charge in [0.1, 0.15) is 0 Å². The maximum absolute atomic E-state index is 10.8. The molecule has 0 bridgehead atoms. The van der Waals surface area contributed by atoms with Crippen molar-refractivity contribution in [2.45, 2.75) is 0 Å². The van der Waals surface area contributed by atoms with E-state index in [1.54, 1.807) is 18.3 Å². The van der Waals surface area contributed by atoms with Crippen LogP contribution in [-0.4, -0.2) is 20.8 Å². The third-order valence-electron chi connectivity index (χ3n) is 3.60. The highest BCUT2D eigenvalue weighted by Crippen LogP contribution is 2.29. The van der Waals surface area contributed by atoms with Gasteiger partial charge in [-0.05, 0) is 36.4 Å². The molecule has 4 rings (SSSR count). The molecule has 21 heavy (non-hydrogen) atoms. The quantitative estimate of drug-likeness (QED) is 0.528. The number of aldehydes is 1. The van der Waals surface area contributed by atoms with Crippen LogP contribution in [0.2, 0.25) is 0 Å². The first-order chi connectivity index (χ1) is 10.3. The summed E-state index contributed by atoms with van der Waals surface area (Å²) in [5.41, 5.74) is 2.78. The summed E-state index contributed by atoms with van der Waals surface area (Å²) >= 11 is 0. The number of aryl methyl sites for hydroxylation is 1. The molecule has 3 heterocycles. The zero-order valence-electron chi connectivity index (χ0n) is 11.3. The minimum absolute atomic E-state index is 0.295. The number of carbonyl (C=O) groups excluding carboxylic acids is 1. The van der Waals surface area contributed by atoms with Gasteiger partial charge in [-0.25, -0.2) is 4.98 Å². The van der Waals surface area contributed by atoms with E-state index in [1.807, 2.05) is 35.9 Å². The van der Waals surface area contributed by atoms with Gasteiger partial charge in [0.25, 0.3) is 0 Å². The molecule has 102 valence electrons. The fraction of sp³-hybridized carbons (Fsp3) is 0.0625. The normalized spacial score (nSPS) is 11.3. The minimum Gasteiger partial charge on any atom is -0.450 e. The lowest BCUT2D eigenvalue weighted by Crippen LogP contribution is -1.91. The molecule has 1 aromatic carbocycles. The third kappa shape index (κ3) is 1.67. The van der Waals surface area contributed by atoms with E-state index in [9.17, 15) is 4.79 Å². The topological polar surface area (TPSA) is 60.9 Å². The SMILES string of the molecule is Cn1c(-c2ccc(C=O)o2)nc2c3cccnc3ccc21. The number of hydrogen-bond donors (Lipinski definition) is 0. The monoisotopic (exact) mass is 277 g/mol. The summed E-state index contributed by atoms with van der Waals surface area (Å²) in [7, 11) is 1.93. The lowest BCUT2D eigenvalue weighted by molar-refractivity contribution is 0.110. The van der Waals surface area contributed by atoms with E-state index < -0.39 is 0 Å². The van der Waals surface area contributed by atoms with Gasteiger partial charge in [0, 0.05) is 18.6 Å². The van der Waals surface area contributed by atoms with Crippen LogP contribution >= 0.6 is 0 Å². The molecule has 0 aliphatic carbocycles. The van der Waals surface area contributed by atoms with Crippen molar-refractivity contribution in [2.75, 3.05) is 0 Å². The van der Waals surface area contributed by atoms with Gasteiger partial charge in [0.15, 0.2) is 23.6 Å². The van der Waals surface area contributed by atoms with Crippen molar-refractivity contribution in [1.82, 2.24) is 14.5 Å². The first-order valence-electron chi connectivity index (χ1n) is 6.53. The summed E-state index contributed by atoms with van der Waals surface area (Å²) in [6.45, 7) is 0. The molecule has 0 N–H and O–H groups in total. The predicted molar refractivity (Wildman–Crippen MR) is 79.1 cm³/mol. The van der Waals surface area contributed by atoms with Crippen LogP contribution in [0.3, 0.4) is 0 Å². The Bertz CT molecular complexity index is 982. The Balaban J connectivity index is 2.04. The van der Waals surface area contributed by atoms with E-state index in [2.05, 4.69) is 9.97 Å². The van der Waals surface area contributed by atoms with E-state index >= 15 is 0 Å². The van der Waals surface area contributed by atoms with Crippen LogP contribution in [0.15, 0.2) is 47.0 Å². The molecular weight excluding hydrogens is 266 g/mol. The van der Waals surface area contributed by atoms with Gasteiger partial charge in [-0.15, -0.1) is 0 Å². The molecule has 0 fully saturated rings. The Labute approximate surface area is 119 Å². The van der Waals surface area contributed by atoms with Crippen LogP contribution < -0.4 is 0 Å². The van der Waals surface area contributed by atoms with Crippen molar-refractivity contribution in [3.05, 3.63) is 48.4 Å². The molecule has 0 unspecified atom stereocenters. The molecule has 3 aromatic heterocycles. The Morgan fingerprint density at radius 3 is 2.90 bits per heavy atom. The summed E-state index contributed by atoms with van der Waals surface area (Å²) in [4.78, 5) is 19.8. The summed E-state index contributed by atoms with van der Waals surface area (Å²) in [6.07, 6.45) is 2.45. The molecule has 0 saturated heterocycles. The number of carbonyl (C=O) groups is 1. The molecule has 0 aliphatic rings. The van der Waals surface area contributed by atoms with Crippen LogP contribution in [0.1, 0.15) is 10.6 Å². The number of hydrogen-bond acceptors (Lipinski definition) is 4. The lowest BCUT2D eigenvalue weighted by Gasteiger charge is -1.99. The van der Waals surface area contributed by atoms with Crippen LogP contribution in [0.5, 0.6) is 0 Å². The molecule has 0 saturated carbocycles. The zero-order chi connectivity index (χ0) is 14.4. The van der Waals surface area contributed by atoms with Gasteiger partial charge in [0.05, 0.1) is 16.6 Å². The number of rotatable bonds is 2. The zero-order valence-corrected chi connectivity index (χ0v) is 11.3. The summed E-state index contributed by atoms with van der Waals surface area (Å²) < 4.78 is 7.43. The first kappa shape index (κ1) is 11.8. The van der Waals surface area contributed by atoms with E-state index in [4.69, 9.17) is 4.42 Å². The average molecular weight is 277 g/mol. The maximum Gasteiger partial charge on any atom is 0.185 e. The summed E-state index contributed by atoms with van der Waals surface area (Å²) in [5.74, 6) is 1.56. The van der Waals surface area contributed by atoms with Crippen molar-refractivity contribution in [1.29, 1.82) is 0 Å². The predicted octanol–water partition coefficient (Wildman–Crippen LogP) is 3.19. The van der Waals surface area contributed by atoms with Crippen molar-refractivity contribution >= 4 is 28.2 Å². The van der Waals surface area contributed by atoms with Gasteiger partial charge in [-0.1, -0.05) is 0 Å². The number of benzene rings is 1. The number of pyridine rings is 1. The highest BCUT2D eigenvalue weighted by Gasteiger charge is 2.15. The van der Waals surface area contributed by atoms with Gasteiger partial charge >= 0.3 is 0 Å². The summed E-state index contributed by atoms with van der Waals surface area (Å²) in [5, 5.41) is 0.999. The Hall–Kier alpha value is -2.95. The number of imidazole rings is 1. The van der Waals surface area contributed by atoms with Crippen LogP contribution in [0, 0.1) is 0 Å². The van der Waals surface area contributed by atoms with Crippen LogP contribution in [-0.2, 0) is 7.05 Å². The van der Waals surface area contributed by atoms with Gasteiger partial charge in [0.2, 0.25) is 0 Å². The second-order valence-electron chi connectivity index (χ2n) is 4.82. The number of aromatic nitrogens is 3. The second-order valence-corrected chi connectivity index (χ2v) is 4.82. The van der Waals surface area contributed by atoms with Crippen molar-refractivity contribution in [2.24, 2.45) is 7.05 Å². The molecule has 0 amide bonds. The first-order valence-corrected chi connectivity index (χ1v) is 6.53. The van der Waals surface area contributed by atoms with Gasteiger partial charge in [-0.2, -0.15) is 0 Å². The standard InChI is InChI=1S/C16H11N3O2/c1-19-13-6-5-12-11(3-2-8-17-12)15(13)18-16(19)14-7-4-10(9-20)21-14/h2-9H,1H3. The van der Waals surface area contributed by atoms with E-state index in [0.29, 0.717) is 23.6 Å². The number of fused-ring (bicyclic) bond motifs is 3. The van der Waals surface area contributed by atoms with E-state index in [0.717, 1.165) is 21.9 Å². The fourth-order valence-corrected chi connectivity index (χ4v) is 2.57. The molecule has 5 heteroatoms. The van der Waals surface area contributed by atoms with Crippen molar-refractivity contribution < 1.29 is 9.21 Å². The number of furan rings is 1. The molecule has 0 atom stereocenters. The molecular formula is C16H11N3O2. The fourth-order valence-electron chi connectivity index (χ4n) is 2.57. The largest absolute Gasteiger partial charge is 0.450 e. The van der Waals surface area contributed by atoms with E-state index in [-0.39, 0.29) is 0 Å². The molecule has 0 aliphatic heterocycles. The molecule has 5 nitrogen and oxygen atoms in total. The molecule has 0 radical (unpaired) electrons. The Morgan fingerprint density at radius 2 is 2.10 bits per heavy atom. The summed E-state index contributed by atoms with van der Waals surface area (Å²) in [6, 6.07) is 11.3. The van der Waals surface area contributed by atoms with Crippen molar-refractivity contribution in [3.63, 3.8) is 0 Å². The highest BCUT2D eigenvalue weighted by molar-refractivity contribution is 6.03. The van der Waals surface area contributed by atoms with Gasteiger partial charge < -0.3 is 8.98 Å². The minimum atomic E-state index is 0.295. The molecule has 4 aromatic rings. The maximum atomic E-state index is 10.8. The van der Waals surface area contributed by atoms with E-state index in [1.165, 1.54) is 0 Å². The highest BCUT2D eigenvalue weighted by atomic mass is 16.3. The Morgan fingerprint density at radius 1 is 1.19 bits per heavy atom. The second kappa shape index (κ2) is 4.28. The van der Waals surface area contributed by atoms with Crippen LogP contribution in [0.4, 0.5) is 0 Å². The smallest absolute Gasteiger partial charge is 0.185 e. The number of nitrogens with zero attached hydrogens (tertiary/aromatic N) is 3.